The van der Waals surface area contributed by atoms with E-state index in [9.17, 15) is 4.79 Å². The SMILES string of the molecule is CC(=O)Nc1ccc(C2(N)CC2)cc1. The van der Waals surface area contributed by atoms with Gasteiger partial charge in [-0.05, 0) is 30.5 Å². The van der Waals surface area contributed by atoms with E-state index in [0.717, 1.165) is 24.1 Å². The molecule has 1 aliphatic rings. The molecule has 1 aliphatic carbocycles. The van der Waals surface area contributed by atoms with Crippen LogP contribution in [0.2, 0.25) is 0 Å². The zero-order chi connectivity index (χ0) is 10.2. The van der Waals surface area contributed by atoms with Crippen molar-refractivity contribution in [2.75, 3.05) is 5.32 Å². The number of carbonyl (C=O) groups is 1. The molecule has 2 rings (SSSR count). The molecule has 0 aromatic heterocycles. The van der Waals surface area contributed by atoms with Gasteiger partial charge < -0.3 is 11.1 Å². The van der Waals surface area contributed by atoms with Crippen molar-refractivity contribution in [3.8, 4) is 0 Å². The van der Waals surface area contributed by atoms with Gasteiger partial charge in [-0.15, -0.1) is 0 Å². The standard InChI is InChI=1S/C11H14N2O/c1-8(14)13-10-4-2-9(3-5-10)11(12)6-7-11/h2-5H,6-7,12H2,1H3,(H,13,14). The second-order valence-corrected chi connectivity index (χ2v) is 3.91. The van der Waals surface area contributed by atoms with Gasteiger partial charge in [-0.3, -0.25) is 4.79 Å². The summed E-state index contributed by atoms with van der Waals surface area (Å²) in [5.41, 5.74) is 7.93. The summed E-state index contributed by atoms with van der Waals surface area (Å²) in [6, 6.07) is 7.75. The lowest BCUT2D eigenvalue weighted by Gasteiger charge is -2.09. The molecule has 1 aromatic rings. The van der Waals surface area contributed by atoms with Gasteiger partial charge in [-0.2, -0.15) is 0 Å². The summed E-state index contributed by atoms with van der Waals surface area (Å²) in [5.74, 6) is -0.0494. The smallest absolute Gasteiger partial charge is 0.221 e. The Kier molecular flexibility index (Phi) is 2.04. The summed E-state index contributed by atoms with van der Waals surface area (Å²) < 4.78 is 0. The number of benzene rings is 1. The van der Waals surface area contributed by atoms with E-state index in [1.165, 1.54) is 6.92 Å². The summed E-state index contributed by atoms with van der Waals surface area (Å²) in [6.45, 7) is 1.50. The second kappa shape index (κ2) is 3.10. The van der Waals surface area contributed by atoms with Gasteiger partial charge in [0.05, 0.1) is 0 Å². The molecule has 0 unspecified atom stereocenters. The Morgan fingerprint density at radius 1 is 1.36 bits per heavy atom. The van der Waals surface area contributed by atoms with Crippen LogP contribution in [0.5, 0.6) is 0 Å². The first-order valence-corrected chi connectivity index (χ1v) is 4.77. The quantitative estimate of drug-likeness (QED) is 0.744. The zero-order valence-corrected chi connectivity index (χ0v) is 8.21. The lowest BCUT2D eigenvalue weighted by atomic mass is 10.1. The Balaban J connectivity index is 2.14. The average Bonchev–Trinajstić information content (AvgIpc) is 2.85. The fraction of sp³-hybridized carbons (Fsp3) is 0.364. The maximum Gasteiger partial charge on any atom is 0.221 e. The van der Waals surface area contributed by atoms with Crippen LogP contribution in [-0.2, 0) is 10.3 Å². The minimum absolute atomic E-state index is 0.0494. The van der Waals surface area contributed by atoms with Gasteiger partial charge in [0.2, 0.25) is 5.91 Å². The largest absolute Gasteiger partial charge is 0.326 e. The molecule has 1 amide bonds. The predicted octanol–water partition coefficient (Wildman–Crippen LogP) is 1.59. The van der Waals surface area contributed by atoms with Crippen LogP contribution in [0.3, 0.4) is 0 Å². The van der Waals surface area contributed by atoms with E-state index in [2.05, 4.69) is 5.32 Å². The van der Waals surface area contributed by atoms with Crippen LogP contribution in [-0.4, -0.2) is 5.91 Å². The van der Waals surface area contributed by atoms with Crippen molar-refractivity contribution in [2.45, 2.75) is 25.3 Å². The van der Waals surface area contributed by atoms with Crippen LogP contribution in [0.25, 0.3) is 0 Å². The summed E-state index contributed by atoms with van der Waals surface area (Å²) in [6.07, 6.45) is 2.12. The normalized spacial score (nSPS) is 17.6. The number of hydrogen-bond acceptors (Lipinski definition) is 2. The number of rotatable bonds is 2. The molecule has 0 saturated heterocycles. The number of carbonyl (C=O) groups excluding carboxylic acids is 1. The van der Waals surface area contributed by atoms with Crippen molar-refractivity contribution in [1.29, 1.82) is 0 Å². The Labute approximate surface area is 83.3 Å². The van der Waals surface area contributed by atoms with E-state index < -0.39 is 0 Å². The molecule has 0 spiro atoms. The molecule has 0 heterocycles. The predicted molar refractivity (Wildman–Crippen MR) is 55.8 cm³/mol. The highest BCUT2D eigenvalue weighted by atomic mass is 16.1. The summed E-state index contributed by atoms with van der Waals surface area (Å²) in [7, 11) is 0. The Hall–Kier alpha value is -1.35. The Bertz CT molecular complexity index is 352. The topological polar surface area (TPSA) is 55.1 Å². The van der Waals surface area contributed by atoms with E-state index in [4.69, 9.17) is 5.73 Å². The van der Waals surface area contributed by atoms with Crippen molar-refractivity contribution < 1.29 is 4.79 Å². The molecule has 0 radical (unpaired) electrons. The van der Waals surface area contributed by atoms with Crippen molar-refractivity contribution in [3.63, 3.8) is 0 Å². The zero-order valence-electron chi connectivity index (χ0n) is 8.21. The van der Waals surface area contributed by atoms with Gasteiger partial charge in [0.1, 0.15) is 0 Å². The lowest BCUT2D eigenvalue weighted by Crippen LogP contribution is -2.18. The maximum atomic E-state index is 10.8. The summed E-state index contributed by atoms with van der Waals surface area (Å²) >= 11 is 0. The third-order valence-corrected chi connectivity index (χ3v) is 2.57. The number of amides is 1. The van der Waals surface area contributed by atoms with Crippen LogP contribution >= 0.6 is 0 Å². The average molecular weight is 190 g/mol. The van der Waals surface area contributed by atoms with Crippen molar-refractivity contribution in [1.82, 2.24) is 0 Å². The molecule has 0 bridgehead atoms. The number of nitrogens with one attached hydrogen (secondary N) is 1. The van der Waals surface area contributed by atoms with Gasteiger partial charge in [-0.1, -0.05) is 12.1 Å². The highest BCUT2D eigenvalue weighted by Gasteiger charge is 2.39. The fourth-order valence-electron chi connectivity index (χ4n) is 1.51. The van der Waals surface area contributed by atoms with E-state index in [-0.39, 0.29) is 11.4 Å². The molecule has 74 valence electrons. The molecule has 0 aliphatic heterocycles. The molecule has 14 heavy (non-hydrogen) atoms. The van der Waals surface area contributed by atoms with Gasteiger partial charge >= 0.3 is 0 Å². The highest BCUT2D eigenvalue weighted by molar-refractivity contribution is 5.88. The van der Waals surface area contributed by atoms with Crippen LogP contribution in [0, 0.1) is 0 Å². The molecule has 1 aromatic carbocycles. The summed E-state index contributed by atoms with van der Waals surface area (Å²) in [4.78, 5) is 10.8. The Morgan fingerprint density at radius 2 is 1.93 bits per heavy atom. The summed E-state index contributed by atoms with van der Waals surface area (Å²) in [5, 5.41) is 2.72. The third kappa shape index (κ3) is 1.77. The minimum Gasteiger partial charge on any atom is -0.326 e. The lowest BCUT2D eigenvalue weighted by molar-refractivity contribution is -0.114. The van der Waals surface area contributed by atoms with Crippen LogP contribution in [0.1, 0.15) is 25.3 Å². The molecule has 3 nitrogen and oxygen atoms in total. The second-order valence-electron chi connectivity index (χ2n) is 3.91. The minimum atomic E-state index is -0.0885. The van der Waals surface area contributed by atoms with Gasteiger partial charge in [0.25, 0.3) is 0 Å². The molecule has 0 atom stereocenters. The first-order chi connectivity index (χ1) is 6.60. The molecule has 3 N–H and O–H groups in total. The first-order valence-electron chi connectivity index (χ1n) is 4.77. The number of hydrogen-bond donors (Lipinski definition) is 2. The van der Waals surface area contributed by atoms with Crippen molar-refractivity contribution in [2.24, 2.45) is 5.73 Å². The van der Waals surface area contributed by atoms with E-state index in [1.807, 2.05) is 24.3 Å². The van der Waals surface area contributed by atoms with Crippen LogP contribution in [0.15, 0.2) is 24.3 Å². The van der Waals surface area contributed by atoms with Crippen molar-refractivity contribution >= 4 is 11.6 Å². The number of anilines is 1. The monoisotopic (exact) mass is 190 g/mol. The maximum absolute atomic E-state index is 10.8. The molecular formula is C11H14N2O. The molecular weight excluding hydrogens is 176 g/mol. The Morgan fingerprint density at radius 3 is 2.36 bits per heavy atom. The van der Waals surface area contributed by atoms with E-state index in [0.29, 0.717) is 0 Å². The van der Waals surface area contributed by atoms with E-state index >= 15 is 0 Å². The molecule has 3 heteroatoms. The van der Waals surface area contributed by atoms with Crippen molar-refractivity contribution in [3.05, 3.63) is 29.8 Å². The van der Waals surface area contributed by atoms with Crippen LogP contribution in [0.4, 0.5) is 5.69 Å². The highest BCUT2D eigenvalue weighted by Crippen LogP contribution is 2.42. The van der Waals surface area contributed by atoms with Crippen LogP contribution < -0.4 is 11.1 Å². The van der Waals surface area contributed by atoms with E-state index in [1.54, 1.807) is 0 Å². The van der Waals surface area contributed by atoms with Gasteiger partial charge in [0, 0.05) is 18.2 Å². The van der Waals surface area contributed by atoms with Gasteiger partial charge in [0.15, 0.2) is 0 Å². The first kappa shape index (κ1) is 9.21. The fourth-order valence-corrected chi connectivity index (χ4v) is 1.51. The molecule has 1 fully saturated rings. The van der Waals surface area contributed by atoms with Gasteiger partial charge in [-0.25, -0.2) is 0 Å². The number of nitrogens with two attached hydrogens (primary N) is 1. The third-order valence-electron chi connectivity index (χ3n) is 2.57. The molecule has 1 saturated carbocycles.